The van der Waals surface area contributed by atoms with E-state index in [1.165, 1.54) is 29.0 Å². The van der Waals surface area contributed by atoms with E-state index in [1.807, 2.05) is 26.0 Å². The summed E-state index contributed by atoms with van der Waals surface area (Å²) < 4.78 is 13.1. The quantitative estimate of drug-likeness (QED) is 0.628. The number of hydrogen-bond acceptors (Lipinski definition) is 4. The van der Waals surface area contributed by atoms with Crippen LogP contribution < -0.4 is 10.6 Å². The summed E-state index contributed by atoms with van der Waals surface area (Å²) in [4.78, 5) is 16.6. The smallest absolute Gasteiger partial charge is 0.271 e. The first-order chi connectivity index (χ1) is 12.4. The fourth-order valence-corrected chi connectivity index (χ4v) is 3.37. The number of hydrogen-bond donors (Lipinski definition) is 2. The molecule has 0 saturated carbocycles. The molecule has 3 aromatic rings. The van der Waals surface area contributed by atoms with Crippen molar-refractivity contribution in [3.05, 3.63) is 75.0 Å². The fourth-order valence-electron chi connectivity index (χ4n) is 2.44. The van der Waals surface area contributed by atoms with Crippen molar-refractivity contribution in [2.24, 2.45) is 0 Å². The van der Waals surface area contributed by atoms with Crippen molar-refractivity contribution in [2.75, 3.05) is 5.32 Å². The number of aryl methyl sites for hydroxylation is 2. The maximum atomic E-state index is 13.1. The van der Waals surface area contributed by atoms with E-state index in [2.05, 4.69) is 21.7 Å². The van der Waals surface area contributed by atoms with Gasteiger partial charge in [0, 0.05) is 22.6 Å². The highest BCUT2D eigenvalue weighted by atomic mass is 35.5. The summed E-state index contributed by atoms with van der Waals surface area (Å²) in [5.74, 6) is -0.720. The van der Waals surface area contributed by atoms with Crippen LogP contribution in [0.15, 0.2) is 41.8 Å². The molecule has 0 unspecified atom stereocenters. The van der Waals surface area contributed by atoms with Gasteiger partial charge in [-0.25, -0.2) is 9.37 Å². The van der Waals surface area contributed by atoms with Crippen molar-refractivity contribution in [1.82, 2.24) is 10.3 Å². The van der Waals surface area contributed by atoms with E-state index in [-0.39, 0.29) is 17.5 Å². The molecule has 0 aliphatic rings. The number of thiazole rings is 1. The maximum absolute atomic E-state index is 13.1. The number of carbonyl (C=O) groups is 1. The van der Waals surface area contributed by atoms with Gasteiger partial charge in [0.2, 0.25) is 0 Å². The summed E-state index contributed by atoms with van der Waals surface area (Å²) in [7, 11) is 0. The SMILES string of the molecule is Cc1ccc(Nc2nc(C(=O)NCc3ccc(F)cc3Cl)cs2)c(C)c1. The van der Waals surface area contributed by atoms with Gasteiger partial charge in [-0.1, -0.05) is 35.4 Å². The van der Waals surface area contributed by atoms with Crippen LogP contribution in [0.5, 0.6) is 0 Å². The summed E-state index contributed by atoms with van der Waals surface area (Å²) in [6.07, 6.45) is 0. The van der Waals surface area contributed by atoms with Crippen molar-refractivity contribution in [1.29, 1.82) is 0 Å². The highest BCUT2D eigenvalue weighted by Gasteiger charge is 2.12. The average molecular weight is 390 g/mol. The van der Waals surface area contributed by atoms with Crippen LogP contribution in [-0.4, -0.2) is 10.9 Å². The van der Waals surface area contributed by atoms with E-state index in [0.717, 1.165) is 11.3 Å². The molecular weight excluding hydrogens is 373 g/mol. The summed E-state index contributed by atoms with van der Waals surface area (Å²) in [5, 5.41) is 8.58. The zero-order chi connectivity index (χ0) is 18.7. The highest BCUT2D eigenvalue weighted by molar-refractivity contribution is 7.14. The Hall–Kier alpha value is -2.44. The van der Waals surface area contributed by atoms with Gasteiger partial charge < -0.3 is 10.6 Å². The minimum atomic E-state index is -0.410. The van der Waals surface area contributed by atoms with Gasteiger partial charge >= 0.3 is 0 Å². The van der Waals surface area contributed by atoms with Gasteiger partial charge in [0.05, 0.1) is 0 Å². The highest BCUT2D eigenvalue weighted by Crippen LogP contribution is 2.24. The number of benzene rings is 2. The number of halogens is 2. The molecule has 0 aliphatic heterocycles. The van der Waals surface area contributed by atoms with Crippen LogP contribution in [0.1, 0.15) is 27.2 Å². The van der Waals surface area contributed by atoms with Crippen molar-refractivity contribution in [3.8, 4) is 0 Å². The van der Waals surface area contributed by atoms with Crippen molar-refractivity contribution in [2.45, 2.75) is 20.4 Å². The molecule has 134 valence electrons. The molecule has 3 rings (SSSR count). The molecule has 1 aromatic heterocycles. The number of anilines is 2. The maximum Gasteiger partial charge on any atom is 0.271 e. The van der Waals surface area contributed by atoms with Gasteiger partial charge in [0.15, 0.2) is 5.13 Å². The molecule has 4 nitrogen and oxygen atoms in total. The van der Waals surface area contributed by atoms with Crippen LogP contribution in [0.3, 0.4) is 0 Å². The molecule has 1 amide bonds. The largest absolute Gasteiger partial charge is 0.347 e. The molecule has 0 atom stereocenters. The lowest BCUT2D eigenvalue weighted by Crippen LogP contribution is -2.23. The second kappa shape index (κ2) is 7.85. The summed E-state index contributed by atoms with van der Waals surface area (Å²) >= 11 is 7.32. The minimum absolute atomic E-state index is 0.204. The molecule has 7 heteroatoms. The predicted octanol–water partition coefficient (Wildman–Crippen LogP) is 5.23. The van der Waals surface area contributed by atoms with E-state index >= 15 is 0 Å². The molecule has 0 fully saturated rings. The van der Waals surface area contributed by atoms with Crippen LogP contribution in [-0.2, 0) is 6.54 Å². The molecule has 1 heterocycles. The molecule has 2 N–H and O–H groups in total. The number of nitrogens with one attached hydrogen (secondary N) is 2. The third-order valence-electron chi connectivity index (χ3n) is 3.81. The molecule has 0 radical (unpaired) electrons. The average Bonchev–Trinajstić information content (AvgIpc) is 3.05. The van der Waals surface area contributed by atoms with Crippen LogP contribution >= 0.6 is 22.9 Å². The first-order valence-corrected chi connectivity index (χ1v) is 9.20. The zero-order valence-electron chi connectivity index (χ0n) is 14.3. The molecule has 2 aromatic carbocycles. The van der Waals surface area contributed by atoms with Gasteiger partial charge in [0.1, 0.15) is 11.5 Å². The minimum Gasteiger partial charge on any atom is -0.347 e. The van der Waals surface area contributed by atoms with Crippen molar-refractivity contribution in [3.63, 3.8) is 0 Å². The molecule has 0 aliphatic carbocycles. The molecular formula is C19H17ClFN3OS. The van der Waals surface area contributed by atoms with E-state index in [9.17, 15) is 9.18 Å². The third kappa shape index (κ3) is 4.39. The number of nitrogens with zero attached hydrogens (tertiary/aromatic N) is 1. The Morgan fingerprint density at radius 1 is 1.23 bits per heavy atom. The molecule has 0 spiro atoms. The Balaban J connectivity index is 1.64. The third-order valence-corrected chi connectivity index (χ3v) is 4.92. The first-order valence-electron chi connectivity index (χ1n) is 7.94. The van der Waals surface area contributed by atoms with Gasteiger partial charge in [0.25, 0.3) is 5.91 Å². The summed E-state index contributed by atoms with van der Waals surface area (Å²) in [6, 6.07) is 10.2. The standard InChI is InChI=1S/C19H17ClFN3OS/c1-11-3-6-16(12(2)7-11)23-19-24-17(10-26-19)18(25)22-9-13-4-5-14(21)8-15(13)20/h3-8,10H,9H2,1-2H3,(H,22,25)(H,23,24). The van der Waals surface area contributed by atoms with Crippen LogP contribution in [0.2, 0.25) is 5.02 Å². The number of amides is 1. The summed E-state index contributed by atoms with van der Waals surface area (Å²) in [5.41, 5.74) is 4.21. The molecule has 0 bridgehead atoms. The molecule has 26 heavy (non-hydrogen) atoms. The van der Waals surface area contributed by atoms with E-state index in [4.69, 9.17) is 11.6 Å². The van der Waals surface area contributed by atoms with Gasteiger partial charge in [-0.3, -0.25) is 4.79 Å². The topological polar surface area (TPSA) is 54.0 Å². The fraction of sp³-hybridized carbons (Fsp3) is 0.158. The van der Waals surface area contributed by atoms with E-state index < -0.39 is 5.82 Å². The second-order valence-corrected chi connectivity index (χ2v) is 7.16. The first kappa shape index (κ1) is 18.4. The lowest BCUT2D eigenvalue weighted by atomic mass is 10.1. The van der Waals surface area contributed by atoms with Gasteiger partial charge in [-0.05, 0) is 43.2 Å². The van der Waals surface area contributed by atoms with E-state index in [0.29, 0.717) is 16.4 Å². The number of aromatic nitrogens is 1. The van der Waals surface area contributed by atoms with Gasteiger partial charge in [-0.2, -0.15) is 0 Å². The van der Waals surface area contributed by atoms with Crippen LogP contribution in [0.4, 0.5) is 15.2 Å². The predicted molar refractivity (Wildman–Crippen MR) is 104 cm³/mol. The Morgan fingerprint density at radius 3 is 2.77 bits per heavy atom. The van der Waals surface area contributed by atoms with Crippen molar-refractivity contribution >= 4 is 39.7 Å². The number of rotatable bonds is 5. The monoisotopic (exact) mass is 389 g/mol. The Labute approximate surface area is 160 Å². The van der Waals surface area contributed by atoms with E-state index in [1.54, 1.807) is 11.4 Å². The molecule has 0 saturated heterocycles. The lowest BCUT2D eigenvalue weighted by molar-refractivity contribution is 0.0946. The summed E-state index contributed by atoms with van der Waals surface area (Å²) in [6.45, 7) is 4.26. The van der Waals surface area contributed by atoms with Crippen molar-refractivity contribution < 1.29 is 9.18 Å². The van der Waals surface area contributed by atoms with Crippen LogP contribution in [0, 0.1) is 19.7 Å². The Morgan fingerprint density at radius 2 is 2.04 bits per heavy atom. The lowest BCUT2D eigenvalue weighted by Gasteiger charge is -2.07. The van der Waals surface area contributed by atoms with Crippen LogP contribution in [0.25, 0.3) is 0 Å². The number of carbonyl (C=O) groups excluding carboxylic acids is 1. The Bertz CT molecular complexity index is 958. The van der Waals surface area contributed by atoms with Gasteiger partial charge in [-0.15, -0.1) is 11.3 Å². The normalized spacial score (nSPS) is 10.6. The Kier molecular flexibility index (Phi) is 5.54. The second-order valence-electron chi connectivity index (χ2n) is 5.90. The zero-order valence-corrected chi connectivity index (χ0v) is 15.8.